The molecule has 0 unspecified atom stereocenters. The molecule has 1 rings (SSSR count). The van der Waals surface area contributed by atoms with Crippen molar-refractivity contribution in [2.24, 2.45) is 0 Å². The summed E-state index contributed by atoms with van der Waals surface area (Å²) in [4.78, 5) is 12.4. The fourth-order valence-corrected chi connectivity index (χ4v) is 3.02. The summed E-state index contributed by atoms with van der Waals surface area (Å²) in [6.45, 7) is 3.80. The zero-order chi connectivity index (χ0) is 12.0. The van der Waals surface area contributed by atoms with E-state index in [0.29, 0.717) is 0 Å². The monoisotopic (exact) mass is 300 g/mol. The summed E-state index contributed by atoms with van der Waals surface area (Å²) in [6, 6.07) is 5.83. The molecule has 0 bridgehead atoms. The molecule has 0 N–H and O–H groups in total. The van der Waals surface area contributed by atoms with E-state index in [1.54, 1.807) is 6.92 Å². The maximum absolute atomic E-state index is 11.2. The molecule has 88 valence electrons. The highest BCUT2D eigenvalue weighted by Crippen LogP contribution is 2.29. The van der Waals surface area contributed by atoms with Gasteiger partial charge in [-0.25, -0.2) is 0 Å². The third-order valence-corrected chi connectivity index (χ3v) is 4.42. The SMILES string of the molecule is CCCCCSc1ccc(C(C)=O)cc1Br. The molecule has 0 spiro atoms. The number of Topliss-reactive ketones (excluding diaryl/α,β-unsaturated/α-hetero) is 1. The Balaban J connectivity index is 2.57. The molecule has 1 aromatic rings. The van der Waals surface area contributed by atoms with Crippen molar-refractivity contribution in [3.63, 3.8) is 0 Å². The normalized spacial score (nSPS) is 10.4. The van der Waals surface area contributed by atoms with E-state index in [0.717, 1.165) is 15.8 Å². The molecule has 0 fully saturated rings. The highest BCUT2D eigenvalue weighted by molar-refractivity contribution is 9.10. The second kappa shape index (κ2) is 7.13. The zero-order valence-corrected chi connectivity index (χ0v) is 12.2. The average molecular weight is 301 g/mol. The quantitative estimate of drug-likeness (QED) is 0.421. The van der Waals surface area contributed by atoms with Crippen molar-refractivity contribution in [2.45, 2.75) is 38.0 Å². The predicted octanol–water partition coefficient (Wildman–Crippen LogP) is 4.93. The van der Waals surface area contributed by atoms with E-state index in [9.17, 15) is 4.79 Å². The van der Waals surface area contributed by atoms with E-state index in [2.05, 4.69) is 22.9 Å². The Bertz CT molecular complexity index is 363. The van der Waals surface area contributed by atoms with E-state index in [1.807, 2.05) is 30.0 Å². The largest absolute Gasteiger partial charge is 0.295 e. The van der Waals surface area contributed by atoms with Gasteiger partial charge in [0.15, 0.2) is 5.78 Å². The van der Waals surface area contributed by atoms with Crippen molar-refractivity contribution < 1.29 is 4.79 Å². The smallest absolute Gasteiger partial charge is 0.159 e. The molecule has 0 amide bonds. The van der Waals surface area contributed by atoms with Gasteiger partial charge in [0.25, 0.3) is 0 Å². The summed E-state index contributed by atoms with van der Waals surface area (Å²) in [5.41, 5.74) is 0.768. The molecule has 0 saturated carbocycles. The number of halogens is 1. The van der Waals surface area contributed by atoms with Gasteiger partial charge in [-0.2, -0.15) is 0 Å². The standard InChI is InChI=1S/C13H17BrOS/c1-3-4-5-8-16-13-7-6-11(10(2)15)9-12(13)14/h6-7,9H,3-5,8H2,1-2H3. The van der Waals surface area contributed by atoms with E-state index < -0.39 is 0 Å². The topological polar surface area (TPSA) is 17.1 Å². The Hall–Kier alpha value is -0.280. The molecular formula is C13H17BrOS. The van der Waals surface area contributed by atoms with E-state index in [1.165, 1.54) is 24.2 Å². The highest BCUT2D eigenvalue weighted by atomic mass is 79.9. The van der Waals surface area contributed by atoms with Crippen LogP contribution < -0.4 is 0 Å². The average Bonchev–Trinajstić information content (AvgIpc) is 2.26. The lowest BCUT2D eigenvalue weighted by atomic mass is 10.2. The molecule has 0 atom stereocenters. The van der Waals surface area contributed by atoms with Gasteiger partial charge >= 0.3 is 0 Å². The number of hydrogen-bond donors (Lipinski definition) is 0. The van der Waals surface area contributed by atoms with Crippen LogP contribution in [-0.2, 0) is 0 Å². The highest BCUT2D eigenvalue weighted by Gasteiger charge is 2.04. The van der Waals surface area contributed by atoms with Crippen LogP contribution in [0.3, 0.4) is 0 Å². The summed E-state index contributed by atoms with van der Waals surface area (Å²) < 4.78 is 1.03. The lowest BCUT2D eigenvalue weighted by Gasteiger charge is -2.05. The summed E-state index contributed by atoms with van der Waals surface area (Å²) >= 11 is 5.36. The molecule has 0 heterocycles. The molecule has 0 radical (unpaired) electrons. The summed E-state index contributed by atoms with van der Waals surface area (Å²) in [5, 5.41) is 0. The number of carbonyl (C=O) groups excluding carboxylic acids is 1. The van der Waals surface area contributed by atoms with Crippen LogP contribution >= 0.6 is 27.7 Å². The zero-order valence-electron chi connectivity index (χ0n) is 9.75. The second-order valence-corrected chi connectivity index (χ2v) is 5.75. The van der Waals surface area contributed by atoms with Crippen LogP contribution in [0, 0.1) is 0 Å². The predicted molar refractivity (Wildman–Crippen MR) is 74.4 cm³/mol. The number of ketones is 1. The fourth-order valence-electron chi connectivity index (χ4n) is 1.37. The Morgan fingerprint density at radius 3 is 2.69 bits per heavy atom. The lowest BCUT2D eigenvalue weighted by Crippen LogP contribution is -1.92. The summed E-state index contributed by atoms with van der Waals surface area (Å²) in [5.74, 6) is 1.26. The van der Waals surface area contributed by atoms with E-state index in [4.69, 9.17) is 0 Å². The number of benzene rings is 1. The minimum absolute atomic E-state index is 0.114. The van der Waals surface area contributed by atoms with Gasteiger partial charge in [0, 0.05) is 14.9 Å². The lowest BCUT2D eigenvalue weighted by molar-refractivity contribution is 0.101. The minimum Gasteiger partial charge on any atom is -0.295 e. The van der Waals surface area contributed by atoms with Crippen molar-refractivity contribution in [3.8, 4) is 0 Å². The van der Waals surface area contributed by atoms with Gasteiger partial charge in [0.2, 0.25) is 0 Å². The van der Waals surface area contributed by atoms with Crippen LogP contribution in [0.4, 0.5) is 0 Å². The first-order valence-corrected chi connectivity index (χ1v) is 7.36. The molecule has 0 aromatic heterocycles. The molecule has 1 aromatic carbocycles. The number of hydrogen-bond acceptors (Lipinski definition) is 2. The molecule has 0 aliphatic heterocycles. The Kier molecular flexibility index (Phi) is 6.14. The maximum Gasteiger partial charge on any atom is 0.159 e. The summed E-state index contributed by atoms with van der Waals surface area (Å²) in [6.07, 6.45) is 3.79. The van der Waals surface area contributed by atoms with Crippen LogP contribution in [0.5, 0.6) is 0 Å². The Labute approximate surface area is 110 Å². The van der Waals surface area contributed by atoms with Crippen molar-refractivity contribution in [3.05, 3.63) is 28.2 Å². The van der Waals surface area contributed by atoms with Crippen molar-refractivity contribution >= 4 is 33.5 Å². The van der Waals surface area contributed by atoms with Crippen LogP contribution in [0.1, 0.15) is 43.5 Å². The van der Waals surface area contributed by atoms with Crippen molar-refractivity contribution in [1.29, 1.82) is 0 Å². The van der Waals surface area contributed by atoms with Gasteiger partial charge in [0.1, 0.15) is 0 Å². The van der Waals surface area contributed by atoms with Gasteiger partial charge in [-0.05, 0) is 47.2 Å². The molecule has 0 aliphatic rings. The van der Waals surface area contributed by atoms with Crippen LogP contribution in [0.2, 0.25) is 0 Å². The van der Waals surface area contributed by atoms with E-state index >= 15 is 0 Å². The minimum atomic E-state index is 0.114. The van der Waals surface area contributed by atoms with Crippen molar-refractivity contribution in [2.75, 3.05) is 5.75 Å². The van der Waals surface area contributed by atoms with Crippen LogP contribution in [0.25, 0.3) is 0 Å². The van der Waals surface area contributed by atoms with Crippen LogP contribution in [-0.4, -0.2) is 11.5 Å². The Morgan fingerprint density at radius 1 is 1.38 bits per heavy atom. The molecule has 0 aliphatic carbocycles. The first-order chi connectivity index (χ1) is 7.65. The van der Waals surface area contributed by atoms with Crippen molar-refractivity contribution in [1.82, 2.24) is 0 Å². The van der Waals surface area contributed by atoms with Crippen LogP contribution in [0.15, 0.2) is 27.6 Å². The third kappa shape index (κ3) is 4.30. The van der Waals surface area contributed by atoms with Gasteiger partial charge in [-0.15, -0.1) is 11.8 Å². The number of carbonyl (C=O) groups is 1. The number of rotatable bonds is 6. The van der Waals surface area contributed by atoms with E-state index in [-0.39, 0.29) is 5.78 Å². The molecule has 1 nitrogen and oxygen atoms in total. The molecule has 3 heteroatoms. The summed E-state index contributed by atoms with van der Waals surface area (Å²) in [7, 11) is 0. The molecule has 0 saturated heterocycles. The third-order valence-electron chi connectivity index (χ3n) is 2.34. The Morgan fingerprint density at radius 2 is 2.12 bits per heavy atom. The second-order valence-electron chi connectivity index (χ2n) is 3.76. The first-order valence-electron chi connectivity index (χ1n) is 5.58. The maximum atomic E-state index is 11.2. The number of thioether (sulfide) groups is 1. The van der Waals surface area contributed by atoms with Gasteiger partial charge in [-0.1, -0.05) is 25.8 Å². The number of unbranched alkanes of at least 4 members (excludes halogenated alkanes) is 2. The first kappa shape index (κ1) is 13.8. The van der Waals surface area contributed by atoms with Gasteiger partial charge < -0.3 is 0 Å². The molecule has 16 heavy (non-hydrogen) atoms. The molecular weight excluding hydrogens is 284 g/mol. The van der Waals surface area contributed by atoms with Gasteiger partial charge in [0.05, 0.1) is 0 Å². The van der Waals surface area contributed by atoms with Gasteiger partial charge in [-0.3, -0.25) is 4.79 Å². The fraction of sp³-hybridized carbons (Fsp3) is 0.462.